The number of ether oxygens (including phenoxy) is 2. The van der Waals surface area contributed by atoms with Gasteiger partial charge in [0.05, 0.1) is 48.7 Å². The van der Waals surface area contributed by atoms with Crippen LogP contribution in [0.3, 0.4) is 0 Å². The Kier molecular flexibility index (Phi) is 5.79. The van der Waals surface area contributed by atoms with Crippen LogP contribution in [0.25, 0.3) is 33.2 Å². The minimum atomic E-state index is -0.538. The highest BCUT2D eigenvalue weighted by Crippen LogP contribution is 2.32. The van der Waals surface area contributed by atoms with Crippen molar-refractivity contribution in [1.29, 1.82) is 0 Å². The highest BCUT2D eigenvalue weighted by atomic mass is 16.5. The number of fused-ring (bicyclic) bond motifs is 3. The number of nitrogens with two attached hydrogens (primary N) is 1. The SMILES string of the molecule is NC(=O)c1cc(-c2cccc(N3CCOCC3)c2)nc2c1[nH]c1cc(C(=O)N3CCOCC3)ccc12. The predicted octanol–water partition coefficient (Wildman–Crippen LogP) is 2.79. The van der Waals surface area contributed by atoms with Crippen LogP contribution in [0, 0.1) is 0 Å². The third-order valence-electron chi connectivity index (χ3n) is 6.88. The lowest BCUT2D eigenvalue weighted by Gasteiger charge is -2.29. The normalized spacial score (nSPS) is 16.6. The molecule has 4 heterocycles. The summed E-state index contributed by atoms with van der Waals surface area (Å²) in [4.78, 5) is 37.7. The van der Waals surface area contributed by atoms with Gasteiger partial charge >= 0.3 is 0 Å². The van der Waals surface area contributed by atoms with Crippen molar-refractivity contribution in [2.24, 2.45) is 5.73 Å². The molecule has 9 heteroatoms. The number of pyridine rings is 1. The van der Waals surface area contributed by atoms with Gasteiger partial charge in [0.15, 0.2) is 0 Å². The minimum Gasteiger partial charge on any atom is -0.378 e. The van der Waals surface area contributed by atoms with Crippen LogP contribution in [0.15, 0.2) is 48.5 Å². The molecule has 0 aliphatic carbocycles. The van der Waals surface area contributed by atoms with Crippen molar-refractivity contribution in [2.45, 2.75) is 0 Å². The molecular weight excluding hydrogens is 458 g/mol. The number of anilines is 1. The van der Waals surface area contributed by atoms with Gasteiger partial charge in [-0.3, -0.25) is 9.59 Å². The summed E-state index contributed by atoms with van der Waals surface area (Å²) in [5, 5.41) is 0.831. The van der Waals surface area contributed by atoms with E-state index in [4.69, 9.17) is 20.2 Å². The molecule has 2 aliphatic heterocycles. The molecular formula is C27H27N5O4. The zero-order chi connectivity index (χ0) is 24.6. The summed E-state index contributed by atoms with van der Waals surface area (Å²) in [6, 6.07) is 15.4. The number of aromatic amines is 1. The van der Waals surface area contributed by atoms with Gasteiger partial charge in [0, 0.05) is 53.9 Å². The van der Waals surface area contributed by atoms with E-state index >= 15 is 0 Å². The Morgan fingerprint density at radius 3 is 2.42 bits per heavy atom. The van der Waals surface area contributed by atoms with Crippen LogP contribution in [-0.4, -0.2) is 79.3 Å². The molecule has 9 nitrogen and oxygen atoms in total. The largest absolute Gasteiger partial charge is 0.378 e. The third-order valence-corrected chi connectivity index (χ3v) is 6.88. The van der Waals surface area contributed by atoms with Crippen molar-refractivity contribution in [3.63, 3.8) is 0 Å². The number of carbonyl (C=O) groups is 2. The molecule has 0 saturated carbocycles. The van der Waals surface area contributed by atoms with Gasteiger partial charge in [-0.25, -0.2) is 4.98 Å². The molecule has 184 valence electrons. The second-order valence-electron chi connectivity index (χ2n) is 9.08. The van der Waals surface area contributed by atoms with Gasteiger partial charge < -0.3 is 30.0 Å². The summed E-state index contributed by atoms with van der Waals surface area (Å²) in [5.41, 5.74) is 11.3. The quantitative estimate of drug-likeness (QED) is 0.460. The van der Waals surface area contributed by atoms with Gasteiger partial charge in [-0.15, -0.1) is 0 Å². The number of primary amides is 1. The molecule has 2 amide bonds. The molecule has 0 spiro atoms. The Hall–Kier alpha value is -3.95. The fraction of sp³-hybridized carbons (Fsp3) is 0.296. The number of carbonyl (C=O) groups excluding carboxylic acids is 2. The average molecular weight is 486 g/mol. The topological polar surface area (TPSA) is 114 Å². The molecule has 2 aliphatic rings. The van der Waals surface area contributed by atoms with E-state index in [9.17, 15) is 9.59 Å². The van der Waals surface area contributed by atoms with Crippen molar-refractivity contribution in [2.75, 3.05) is 57.5 Å². The number of amides is 2. The molecule has 6 rings (SSSR count). The standard InChI is InChI=1S/C27H27N5O4/c28-26(33)21-16-22(17-2-1-3-19(14-17)31-6-10-35-11-7-31)29-24-20-5-4-18(15-23(20)30-25(21)24)27(34)32-8-12-36-13-9-32/h1-5,14-16,30H,6-13H2,(H2,28,33). The van der Waals surface area contributed by atoms with E-state index in [1.807, 2.05) is 30.3 Å². The zero-order valence-electron chi connectivity index (χ0n) is 19.8. The number of morpholine rings is 2. The molecule has 0 radical (unpaired) electrons. The Balaban J connectivity index is 1.43. The number of nitrogens with zero attached hydrogens (tertiary/aromatic N) is 3. The first-order valence-electron chi connectivity index (χ1n) is 12.1. The Bertz CT molecular complexity index is 1470. The molecule has 2 aromatic heterocycles. The number of rotatable bonds is 4. The van der Waals surface area contributed by atoms with Gasteiger partial charge in [0.1, 0.15) is 0 Å². The lowest BCUT2D eigenvalue weighted by Crippen LogP contribution is -2.40. The van der Waals surface area contributed by atoms with Crippen LogP contribution in [0.4, 0.5) is 5.69 Å². The molecule has 36 heavy (non-hydrogen) atoms. The summed E-state index contributed by atoms with van der Waals surface area (Å²) in [6.07, 6.45) is 0. The Morgan fingerprint density at radius 2 is 1.67 bits per heavy atom. The second-order valence-corrected chi connectivity index (χ2v) is 9.08. The number of H-pyrrole nitrogens is 1. The molecule has 0 bridgehead atoms. The molecule has 0 atom stereocenters. The maximum atomic E-state index is 13.0. The van der Waals surface area contributed by atoms with Crippen molar-refractivity contribution >= 4 is 39.4 Å². The van der Waals surface area contributed by atoms with E-state index in [2.05, 4.69) is 22.0 Å². The highest BCUT2D eigenvalue weighted by molar-refractivity contribution is 6.14. The number of benzene rings is 2. The van der Waals surface area contributed by atoms with E-state index in [0.717, 1.165) is 35.2 Å². The van der Waals surface area contributed by atoms with Crippen LogP contribution in [0.1, 0.15) is 20.7 Å². The summed E-state index contributed by atoms with van der Waals surface area (Å²) in [5.74, 6) is -0.577. The molecule has 3 N–H and O–H groups in total. The van der Waals surface area contributed by atoms with Gasteiger partial charge in [-0.05, 0) is 36.4 Å². The number of hydrogen-bond donors (Lipinski definition) is 2. The van der Waals surface area contributed by atoms with Gasteiger partial charge in [-0.1, -0.05) is 12.1 Å². The van der Waals surface area contributed by atoms with Crippen molar-refractivity contribution in [3.05, 3.63) is 59.7 Å². The summed E-state index contributed by atoms with van der Waals surface area (Å²) in [7, 11) is 0. The molecule has 2 fully saturated rings. The average Bonchev–Trinajstić information content (AvgIpc) is 3.31. The van der Waals surface area contributed by atoms with E-state index < -0.39 is 5.91 Å². The van der Waals surface area contributed by atoms with E-state index in [1.165, 1.54) is 0 Å². The smallest absolute Gasteiger partial charge is 0.254 e. The van der Waals surface area contributed by atoms with Gasteiger partial charge in [0.25, 0.3) is 11.8 Å². The Morgan fingerprint density at radius 1 is 0.917 bits per heavy atom. The Labute approximate surface area is 207 Å². The third kappa shape index (κ3) is 4.06. The van der Waals surface area contributed by atoms with Gasteiger partial charge in [-0.2, -0.15) is 0 Å². The first-order valence-corrected chi connectivity index (χ1v) is 12.1. The second kappa shape index (κ2) is 9.25. The van der Waals surface area contributed by atoms with Crippen LogP contribution < -0.4 is 10.6 Å². The maximum absolute atomic E-state index is 13.0. The number of aromatic nitrogens is 2. The predicted molar refractivity (Wildman–Crippen MR) is 137 cm³/mol. The van der Waals surface area contributed by atoms with Crippen LogP contribution in [-0.2, 0) is 9.47 Å². The van der Waals surface area contributed by atoms with E-state index in [-0.39, 0.29) is 5.91 Å². The monoisotopic (exact) mass is 485 g/mol. The lowest BCUT2D eigenvalue weighted by molar-refractivity contribution is 0.0303. The van der Waals surface area contributed by atoms with Crippen molar-refractivity contribution < 1.29 is 19.1 Å². The van der Waals surface area contributed by atoms with Crippen LogP contribution in [0.5, 0.6) is 0 Å². The minimum absolute atomic E-state index is 0.0393. The summed E-state index contributed by atoms with van der Waals surface area (Å²) in [6.45, 7) is 5.29. The van der Waals surface area contributed by atoms with E-state index in [0.29, 0.717) is 67.4 Å². The highest BCUT2D eigenvalue weighted by Gasteiger charge is 2.21. The maximum Gasteiger partial charge on any atom is 0.254 e. The lowest BCUT2D eigenvalue weighted by atomic mass is 10.1. The summed E-state index contributed by atoms with van der Waals surface area (Å²) < 4.78 is 10.8. The van der Waals surface area contributed by atoms with Gasteiger partial charge in [0.2, 0.25) is 0 Å². The molecule has 0 unspecified atom stereocenters. The number of hydrogen-bond acceptors (Lipinski definition) is 6. The first kappa shape index (κ1) is 22.5. The first-order chi connectivity index (χ1) is 17.6. The van der Waals surface area contributed by atoms with Crippen LogP contribution >= 0.6 is 0 Å². The molecule has 2 saturated heterocycles. The van der Waals surface area contributed by atoms with Crippen molar-refractivity contribution in [3.8, 4) is 11.3 Å². The van der Waals surface area contributed by atoms with E-state index in [1.54, 1.807) is 11.0 Å². The molecule has 2 aromatic carbocycles. The zero-order valence-corrected chi connectivity index (χ0v) is 19.8. The fourth-order valence-electron chi connectivity index (χ4n) is 4.96. The molecule has 4 aromatic rings. The van der Waals surface area contributed by atoms with Crippen LogP contribution in [0.2, 0.25) is 0 Å². The number of nitrogens with one attached hydrogen (secondary N) is 1. The summed E-state index contributed by atoms with van der Waals surface area (Å²) >= 11 is 0. The van der Waals surface area contributed by atoms with Crippen molar-refractivity contribution in [1.82, 2.24) is 14.9 Å². The fourth-order valence-corrected chi connectivity index (χ4v) is 4.96.